The Bertz CT molecular complexity index is 1060. The van der Waals surface area contributed by atoms with E-state index < -0.39 is 11.0 Å². The van der Waals surface area contributed by atoms with Crippen LogP contribution in [0.25, 0.3) is 0 Å². The molecule has 0 aliphatic heterocycles. The third-order valence-electron chi connectivity index (χ3n) is 7.68. The number of carbonyl (C=O) groups is 2. The lowest BCUT2D eigenvalue weighted by atomic mass is 9.48. The Hall–Kier alpha value is -2.25. The van der Waals surface area contributed by atoms with Gasteiger partial charge in [-0.05, 0) is 81.4 Å². The zero-order valence-corrected chi connectivity index (χ0v) is 19.7. The molecule has 1 amide bonds. The van der Waals surface area contributed by atoms with E-state index in [4.69, 9.17) is 4.74 Å². The van der Waals surface area contributed by atoms with Gasteiger partial charge in [0.05, 0.1) is 22.4 Å². The van der Waals surface area contributed by atoms with Gasteiger partial charge in [0, 0.05) is 12.3 Å². The number of hydrogen-bond acceptors (Lipinski definition) is 6. The summed E-state index contributed by atoms with van der Waals surface area (Å²) in [6, 6.07) is 5.87. The van der Waals surface area contributed by atoms with Crippen LogP contribution >= 0.6 is 11.3 Å². The van der Waals surface area contributed by atoms with Gasteiger partial charge in [-0.3, -0.25) is 14.5 Å². The molecule has 4 saturated carbocycles. The summed E-state index contributed by atoms with van der Waals surface area (Å²) >= 11 is 1.37. The Kier molecular flexibility index (Phi) is 5.17. The van der Waals surface area contributed by atoms with Gasteiger partial charge in [-0.2, -0.15) is 0 Å². The number of aromatic nitrogens is 1. The van der Waals surface area contributed by atoms with Gasteiger partial charge in [0.15, 0.2) is 5.13 Å². The molecule has 0 spiro atoms. The van der Waals surface area contributed by atoms with Crippen LogP contribution < -0.4 is 4.90 Å². The second kappa shape index (κ2) is 7.66. The zero-order chi connectivity index (χ0) is 22.7. The number of esters is 1. The van der Waals surface area contributed by atoms with Crippen molar-refractivity contribution in [3.8, 4) is 0 Å². The van der Waals surface area contributed by atoms with Crippen molar-refractivity contribution in [2.45, 2.75) is 71.5 Å². The Morgan fingerprint density at radius 2 is 1.94 bits per heavy atom. The fourth-order valence-corrected chi connectivity index (χ4v) is 7.46. The van der Waals surface area contributed by atoms with E-state index in [9.17, 15) is 14.7 Å². The lowest BCUT2D eigenvalue weighted by Crippen LogP contribution is -2.58. The molecule has 6 rings (SSSR count). The number of aryl methyl sites for hydroxylation is 1. The largest absolute Gasteiger partial charge is 0.459 e. The predicted octanol–water partition coefficient (Wildman–Crippen LogP) is 4.82. The first-order chi connectivity index (χ1) is 15.2. The van der Waals surface area contributed by atoms with E-state index in [0.29, 0.717) is 29.1 Å². The number of aliphatic hydroxyl groups is 1. The van der Waals surface area contributed by atoms with Crippen LogP contribution in [0.5, 0.6) is 0 Å². The molecule has 7 heteroatoms. The third kappa shape index (κ3) is 3.65. The lowest BCUT2D eigenvalue weighted by Gasteiger charge is -2.58. The SMILES string of the molecule is CC(=O)N(c1nc(COC(=O)C23CC4CC(CC(O)(C4)C2)C3)cs1)c1cccc(C)c1C. The molecule has 170 valence electrons. The molecular weight excluding hydrogens is 424 g/mol. The summed E-state index contributed by atoms with van der Waals surface area (Å²) in [4.78, 5) is 31.8. The molecule has 0 radical (unpaired) electrons. The van der Waals surface area contributed by atoms with E-state index in [1.54, 1.807) is 4.90 Å². The molecular formula is C25H30N2O4S. The molecule has 4 aliphatic rings. The van der Waals surface area contributed by atoms with Gasteiger partial charge < -0.3 is 9.84 Å². The predicted molar refractivity (Wildman–Crippen MR) is 123 cm³/mol. The maximum atomic E-state index is 13.1. The van der Waals surface area contributed by atoms with Gasteiger partial charge in [-0.1, -0.05) is 12.1 Å². The van der Waals surface area contributed by atoms with Crippen LogP contribution in [0.2, 0.25) is 0 Å². The van der Waals surface area contributed by atoms with Crippen molar-refractivity contribution >= 4 is 34.0 Å². The molecule has 1 N–H and O–H groups in total. The average Bonchev–Trinajstić information content (AvgIpc) is 3.16. The summed E-state index contributed by atoms with van der Waals surface area (Å²) in [5, 5.41) is 13.3. The zero-order valence-electron chi connectivity index (χ0n) is 18.9. The smallest absolute Gasteiger partial charge is 0.312 e. The molecule has 2 atom stereocenters. The number of rotatable bonds is 5. The summed E-state index contributed by atoms with van der Waals surface area (Å²) in [7, 11) is 0. The molecule has 32 heavy (non-hydrogen) atoms. The Labute approximate surface area is 192 Å². The van der Waals surface area contributed by atoms with E-state index in [0.717, 1.165) is 48.9 Å². The monoisotopic (exact) mass is 454 g/mol. The van der Waals surface area contributed by atoms with E-state index in [1.807, 2.05) is 37.4 Å². The van der Waals surface area contributed by atoms with Crippen molar-refractivity contribution < 1.29 is 19.4 Å². The highest BCUT2D eigenvalue weighted by Crippen LogP contribution is 2.62. The van der Waals surface area contributed by atoms with Crippen molar-refractivity contribution in [1.82, 2.24) is 4.98 Å². The summed E-state index contributed by atoms with van der Waals surface area (Å²) < 4.78 is 5.75. The Morgan fingerprint density at radius 3 is 2.59 bits per heavy atom. The van der Waals surface area contributed by atoms with Crippen LogP contribution in [-0.4, -0.2) is 27.6 Å². The topological polar surface area (TPSA) is 79.7 Å². The number of hydrogen-bond donors (Lipinski definition) is 1. The number of thiazole rings is 1. The van der Waals surface area contributed by atoms with Crippen molar-refractivity contribution in [2.24, 2.45) is 17.3 Å². The lowest BCUT2D eigenvalue weighted by molar-refractivity contribution is -0.197. The minimum atomic E-state index is -0.690. The maximum absolute atomic E-state index is 13.1. The number of amides is 1. The second-order valence-electron chi connectivity index (χ2n) is 10.2. The second-order valence-corrected chi connectivity index (χ2v) is 11.1. The molecule has 1 aromatic carbocycles. The standard InChI is InChI=1S/C25H30N2O4S/c1-15-5-4-6-21(16(15)2)27(17(3)28)23-26-20(13-32-23)12-31-22(29)24-8-18-7-19(9-24)11-25(30,10-18)14-24/h4-6,13,18-19,30H,7-12,14H2,1-3H3. The minimum Gasteiger partial charge on any atom is -0.459 e. The van der Waals surface area contributed by atoms with Crippen LogP contribution in [-0.2, 0) is 20.9 Å². The van der Waals surface area contributed by atoms with Crippen LogP contribution in [0.4, 0.5) is 10.8 Å². The molecule has 1 aromatic heterocycles. The van der Waals surface area contributed by atoms with E-state index in [-0.39, 0.29) is 18.5 Å². The summed E-state index contributed by atoms with van der Waals surface area (Å²) in [5.74, 6) is 0.554. The first-order valence-electron chi connectivity index (χ1n) is 11.4. The average molecular weight is 455 g/mol. The van der Waals surface area contributed by atoms with Gasteiger partial charge >= 0.3 is 5.97 Å². The van der Waals surface area contributed by atoms with Crippen molar-refractivity contribution in [1.29, 1.82) is 0 Å². The molecule has 2 unspecified atom stereocenters. The molecule has 1 heterocycles. The van der Waals surface area contributed by atoms with Crippen molar-refractivity contribution in [2.75, 3.05) is 4.90 Å². The summed E-state index contributed by atoms with van der Waals surface area (Å²) in [6.07, 6.45) is 4.97. The number of anilines is 2. The van der Waals surface area contributed by atoms with Gasteiger partial charge in [0.2, 0.25) is 5.91 Å². The molecule has 6 nitrogen and oxygen atoms in total. The van der Waals surface area contributed by atoms with Crippen LogP contribution in [0.1, 0.15) is 62.3 Å². The molecule has 4 fully saturated rings. The number of carbonyl (C=O) groups excluding carboxylic acids is 2. The summed E-state index contributed by atoms with van der Waals surface area (Å²) in [6.45, 7) is 5.63. The van der Waals surface area contributed by atoms with E-state index >= 15 is 0 Å². The normalized spacial score (nSPS) is 30.4. The highest BCUT2D eigenvalue weighted by molar-refractivity contribution is 7.14. The Balaban J connectivity index is 1.31. The molecule has 0 saturated heterocycles. The van der Waals surface area contributed by atoms with E-state index in [1.165, 1.54) is 18.3 Å². The highest BCUT2D eigenvalue weighted by Gasteiger charge is 2.60. The van der Waals surface area contributed by atoms with E-state index in [2.05, 4.69) is 4.98 Å². The van der Waals surface area contributed by atoms with Gasteiger partial charge in [0.25, 0.3) is 0 Å². The molecule has 4 bridgehead atoms. The number of nitrogens with zero attached hydrogens (tertiary/aromatic N) is 2. The van der Waals surface area contributed by atoms with Crippen LogP contribution in [0.15, 0.2) is 23.6 Å². The van der Waals surface area contributed by atoms with Gasteiger partial charge in [-0.15, -0.1) is 11.3 Å². The van der Waals surface area contributed by atoms with Gasteiger partial charge in [0.1, 0.15) is 6.61 Å². The van der Waals surface area contributed by atoms with Crippen LogP contribution in [0, 0.1) is 31.1 Å². The minimum absolute atomic E-state index is 0.0867. The number of benzene rings is 1. The maximum Gasteiger partial charge on any atom is 0.312 e. The van der Waals surface area contributed by atoms with Crippen molar-refractivity contribution in [3.05, 3.63) is 40.4 Å². The van der Waals surface area contributed by atoms with Gasteiger partial charge in [-0.25, -0.2) is 4.98 Å². The Morgan fingerprint density at radius 1 is 1.22 bits per heavy atom. The number of ether oxygens (including phenoxy) is 1. The van der Waals surface area contributed by atoms with Crippen molar-refractivity contribution in [3.63, 3.8) is 0 Å². The first-order valence-corrected chi connectivity index (χ1v) is 12.3. The highest BCUT2D eigenvalue weighted by atomic mass is 32.1. The van der Waals surface area contributed by atoms with Crippen LogP contribution in [0.3, 0.4) is 0 Å². The summed E-state index contributed by atoms with van der Waals surface area (Å²) in [5.41, 5.74) is 2.37. The third-order valence-corrected chi connectivity index (χ3v) is 8.55. The fourth-order valence-electron chi connectivity index (χ4n) is 6.60. The molecule has 4 aliphatic carbocycles. The molecule has 2 aromatic rings. The first kappa shape index (κ1) is 21.6. The quantitative estimate of drug-likeness (QED) is 0.655. The fraction of sp³-hybridized carbons (Fsp3) is 0.560.